The fourth-order valence-electron chi connectivity index (χ4n) is 4.05. The maximum Gasteiger partial charge on any atom is 0.322 e. The molecule has 33 heavy (non-hydrogen) atoms. The van der Waals surface area contributed by atoms with Crippen LogP contribution < -0.4 is 16.0 Å². The predicted octanol–water partition coefficient (Wildman–Crippen LogP) is 1.32. The van der Waals surface area contributed by atoms with E-state index in [2.05, 4.69) is 20.9 Å². The molecule has 2 aromatic heterocycles. The van der Waals surface area contributed by atoms with Gasteiger partial charge in [-0.1, -0.05) is 6.07 Å². The molecule has 4 heterocycles. The van der Waals surface area contributed by atoms with E-state index in [-0.39, 0.29) is 41.9 Å². The Hall–Kier alpha value is -4.48. The maximum absolute atomic E-state index is 14.4. The van der Waals surface area contributed by atoms with E-state index in [0.717, 1.165) is 6.07 Å². The topological polar surface area (TPSA) is 154 Å². The first-order chi connectivity index (χ1) is 15.7. The van der Waals surface area contributed by atoms with Crippen LogP contribution in [0.2, 0.25) is 0 Å². The summed E-state index contributed by atoms with van der Waals surface area (Å²) in [6.45, 7) is 0.915. The zero-order chi connectivity index (χ0) is 23.5. The van der Waals surface area contributed by atoms with Crippen molar-refractivity contribution in [3.63, 3.8) is 0 Å². The second-order valence-corrected chi connectivity index (χ2v) is 7.79. The molecule has 2 aliphatic heterocycles. The van der Waals surface area contributed by atoms with Gasteiger partial charge in [-0.2, -0.15) is 4.98 Å². The van der Waals surface area contributed by atoms with Crippen molar-refractivity contribution in [3.05, 3.63) is 53.0 Å². The normalized spacial score (nSPS) is 19.6. The van der Waals surface area contributed by atoms with Crippen LogP contribution in [-0.4, -0.2) is 45.3 Å². The SMILES string of the molecule is CC(=O)Nc1ccc2cc([C@]3(CN4Cc5ccc(O)c(F)c5C4=O)NC(=O)NC3=O)oc2n1. The summed E-state index contributed by atoms with van der Waals surface area (Å²) in [6.07, 6.45) is 0. The molecule has 3 aromatic rings. The molecule has 2 aliphatic rings. The summed E-state index contributed by atoms with van der Waals surface area (Å²) in [5.74, 6) is -3.32. The third kappa shape index (κ3) is 3.14. The minimum absolute atomic E-state index is 0.000371. The van der Waals surface area contributed by atoms with Gasteiger partial charge in [-0.15, -0.1) is 0 Å². The van der Waals surface area contributed by atoms with E-state index in [1.54, 1.807) is 12.1 Å². The fraction of sp³-hybridized carbons (Fsp3) is 0.190. The van der Waals surface area contributed by atoms with Crippen molar-refractivity contribution in [2.75, 3.05) is 11.9 Å². The van der Waals surface area contributed by atoms with Gasteiger partial charge >= 0.3 is 6.03 Å². The van der Waals surface area contributed by atoms with Crippen LogP contribution in [0.15, 0.2) is 34.7 Å². The average molecular weight is 453 g/mol. The van der Waals surface area contributed by atoms with Gasteiger partial charge in [0.1, 0.15) is 11.6 Å². The standard InChI is InChI=1S/C21H16FN5O6/c1-9(28)23-14-5-3-10-6-13(33-17(10)24-14)21(19(31)25-20(32)26-21)8-27-7-11-2-4-12(29)16(22)15(11)18(27)30/h2-6,29H,7-8H2,1H3,(H,23,24,28)(H2,25,26,31,32)/t21-/m0/s1. The Labute approximate surface area is 184 Å². The highest BCUT2D eigenvalue weighted by atomic mass is 19.1. The van der Waals surface area contributed by atoms with Gasteiger partial charge in [0, 0.05) is 18.9 Å². The maximum atomic E-state index is 14.4. The second kappa shape index (κ2) is 7.02. The number of aromatic hydroxyl groups is 1. The van der Waals surface area contributed by atoms with E-state index >= 15 is 0 Å². The number of urea groups is 1. The van der Waals surface area contributed by atoms with Crippen molar-refractivity contribution in [2.45, 2.75) is 19.0 Å². The zero-order valence-electron chi connectivity index (χ0n) is 17.1. The Morgan fingerprint density at radius 3 is 2.79 bits per heavy atom. The number of nitrogens with zero attached hydrogens (tertiary/aromatic N) is 2. The number of phenols is 1. The number of imide groups is 1. The average Bonchev–Trinajstić information content (AvgIpc) is 3.39. The van der Waals surface area contributed by atoms with Crippen LogP contribution in [0.1, 0.15) is 28.6 Å². The van der Waals surface area contributed by atoms with Gasteiger partial charge in [0.15, 0.2) is 17.1 Å². The van der Waals surface area contributed by atoms with Gasteiger partial charge in [0.2, 0.25) is 11.6 Å². The molecule has 1 saturated heterocycles. The van der Waals surface area contributed by atoms with E-state index in [1.165, 1.54) is 24.0 Å². The van der Waals surface area contributed by atoms with Crippen molar-refractivity contribution < 1.29 is 33.1 Å². The van der Waals surface area contributed by atoms with E-state index in [4.69, 9.17) is 4.42 Å². The molecule has 0 bridgehead atoms. The van der Waals surface area contributed by atoms with E-state index < -0.39 is 35.0 Å². The molecule has 0 spiro atoms. The fourth-order valence-corrected chi connectivity index (χ4v) is 4.05. The Kier molecular flexibility index (Phi) is 4.34. The third-order valence-electron chi connectivity index (χ3n) is 5.55. The minimum Gasteiger partial charge on any atom is -0.505 e. The molecule has 1 atom stereocenters. The lowest BCUT2D eigenvalue weighted by molar-refractivity contribution is -0.125. The molecule has 168 valence electrons. The molecule has 5 amide bonds. The van der Waals surface area contributed by atoms with Crippen LogP contribution in [0.3, 0.4) is 0 Å². The first-order valence-electron chi connectivity index (χ1n) is 9.80. The highest BCUT2D eigenvalue weighted by Gasteiger charge is 2.53. The number of furan rings is 1. The minimum atomic E-state index is -1.80. The van der Waals surface area contributed by atoms with Crippen LogP contribution >= 0.6 is 0 Å². The number of anilines is 1. The molecular weight excluding hydrogens is 437 g/mol. The summed E-state index contributed by atoms with van der Waals surface area (Å²) in [6, 6.07) is 6.41. The summed E-state index contributed by atoms with van der Waals surface area (Å²) in [5.41, 5.74) is -1.67. The van der Waals surface area contributed by atoms with E-state index in [9.17, 15) is 28.7 Å². The number of pyridine rings is 1. The van der Waals surface area contributed by atoms with Gasteiger partial charge in [-0.3, -0.25) is 19.7 Å². The quantitative estimate of drug-likeness (QED) is 0.435. The number of amides is 5. The number of aromatic nitrogens is 1. The van der Waals surface area contributed by atoms with Crippen LogP contribution in [0, 0.1) is 5.82 Å². The number of fused-ring (bicyclic) bond motifs is 2. The Morgan fingerprint density at radius 2 is 2.09 bits per heavy atom. The first-order valence-corrected chi connectivity index (χ1v) is 9.80. The monoisotopic (exact) mass is 453 g/mol. The highest BCUT2D eigenvalue weighted by molar-refractivity contribution is 6.08. The van der Waals surface area contributed by atoms with Crippen LogP contribution in [0.25, 0.3) is 11.1 Å². The molecule has 0 saturated carbocycles. The smallest absolute Gasteiger partial charge is 0.322 e. The second-order valence-electron chi connectivity index (χ2n) is 7.79. The van der Waals surface area contributed by atoms with Gasteiger partial charge in [0.05, 0.1) is 12.1 Å². The van der Waals surface area contributed by atoms with Crippen LogP contribution in [0.5, 0.6) is 5.75 Å². The van der Waals surface area contributed by atoms with Gasteiger partial charge in [-0.05, 0) is 29.8 Å². The van der Waals surface area contributed by atoms with Crippen molar-refractivity contribution >= 4 is 40.7 Å². The number of hydrogen-bond acceptors (Lipinski definition) is 7. The van der Waals surface area contributed by atoms with Gasteiger partial charge in [0.25, 0.3) is 11.8 Å². The molecule has 5 rings (SSSR count). The highest BCUT2D eigenvalue weighted by Crippen LogP contribution is 2.36. The largest absolute Gasteiger partial charge is 0.505 e. The number of halogens is 1. The molecule has 11 nitrogen and oxygen atoms in total. The van der Waals surface area contributed by atoms with Crippen molar-refractivity contribution in [1.82, 2.24) is 20.5 Å². The number of carbonyl (C=O) groups excluding carboxylic acids is 4. The van der Waals surface area contributed by atoms with Crippen LogP contribution in [0.4, 0.5) is 15.0 Å². The number of hydrogen-bond donors (Lipinski definition) is 4. The lowest BCUT2D eigenvalue weighted by atomic mass is 9.95. The summed E-state index contributed by atoms with van der Waals surface area (Å²) < 4.78 is 20.1. The number of phenolic OH excluding ortho intramolecular Hbond substituents is 1. The molecule has 1 aromatic carbocycles. The first kappa shape index (κ1) is 20.4. The number of rotatable bonds is 4. The molecule has 12 heteroatoms. The number of benzene rings is 1. The molecule has 0 aliphatic carbocycles. The molecule has 1 fully saturated rings. The molecule has 0 radical (unpaired) electrons. The summed E-state index contributed by atoms with van der Waals surface area (Å²) in [4.78, 5) is 54.5. The molecular formula is C21H16FN5O6. The zero-order valence-corrected chi connectivity index (χ0v) is 17.1. The number of nitrogens with one attached hydrogen (secondary N) is 3. The van der Waals surface area contributed by atoms with Gasteiger partial charge < -0.3 is 25.1 Å². The predicted molar refractivity (Wildman–Crippen MR) is 109 cm³/mol. The Bertz CT molecular complexity index is 1380. The molecule has 0 unspecified atom stereocenters. The summed E-state index contributed by atoms with van der Waals surface area (Å²) in [7, 11) is 0. The summed E-state index contributed by atoms with van der Waals surface area (Å²) in [5, 5.41) is 17.3. The third-order valence-corrected chi connectivity index (χ3v) is 5.55. The lowest BCUT2D eigenvalue weighted by Crippen LogP contribution is -2.52. The van der Waals surface area contributed by atoms with Crippen molar-refractivity contribution in [3.8, 4) is 5.75 Å². The van der Waals surface area contributed by atoms with Gasteiger partial charge in [-0.25, -0.2) is 9.18 Å². The van der Waals surface area contributed by atoms with Crippen molar-refractivity contribution in [2.24, 2.45) is 0 Å². The van der Waals surface area contributed by atoms with Crippen molar-refractivity contribution in [1.29, 1.82) is 0 Å². The van der Waals surface area contributed by atoms with E-state index in [1.807, 2.05) is 0 Å². The number of carbonyl (C=O) groups is 4. The summed E-state index contributed by atoms with van der Waals surface area (Å²) >= 11 is 0. The Balaban J connectivity index is 1.54. The van der Waals surface area contributed by atoms with Crippen LogP contribution in [-0.2, 0) is 21.7 Å². The molecule has 4 N–H and O–H groups in total. The Morgan fingerprint density at radius 1 is 1.30 bits per heavy atom. The van der Waals surface area contributed by atoms with E-state index in [0.29, 0.717) is 10.9 Å². The lowest BCUT2D eigenvalue weighted by Gasteiger charge is -2.28.